The summed E-state index contributed by atoms with van der Waals surface area (Å²) in [7, 11) is -3.65. The first-order valence-corrected chi connectivity index (χ1v) is 8.25. The largest absolute Gasteiger partial charge is 0.241 e. The molecule has 1 saturated carbocycles. The van der Waals surface area contributed by atoms with Gasteiger partial charge in [0.15, 0.2) is 0 Å². The van der Waals surface area contributed by atoms with Gasteiger partial charge in [0.2, 0.25) is 10.0 Å². The lowest BCUT2D eigenvalue weighted by Gasteiger charge is -2.10. The van der Waals surface area contributed by atoms with E-state index < -0.39 is 15.8 Å². The van der Waals surface area contributed by atoms with Crippen LogP contribution in [0, 0.1) is 16.6 Å². The molecule has 2 rings (SSSR count). The smallest absolute Gasteiger partial charge is 0.207 e. The van der Waals surface area contributed by atoms with Crippen molar-refractivity contribution < 1.29 is 12.8 Å². The van der Waals surface area contributed by atoms with Gasteiger partial charge in [-0.25, -0.2) is 17.5 Å². The highest BCUT2D eigenvalue weighted by Gasteiger charge is 2.66. The monoisotopic (exact) mass is 349 g/mol. The van der Waals surface area contributed by atoms with E-state index in [0.717, 1.165) is 12.1 Å². The number of benzene rings is 1. The van der Waals surface area contributed by atoms with E-state index in [4.69, 9.17) is 0 Å². The molecule has 1 fully saturated rings. The predicted octanol–water partition coefficient (Wildman–Crippen LogP) is 3.30. The van der Waals surface area contributed by atoms with Gasteiger partial charge in [-0.15, -0.1) is 0 Å². The molecular weight excluding hydrogens is 333 g/mol. The maximum Gasteiger partial charge on any atom is 0.241 e. The van der Waals surface area contributed by atoms with E-state index >= 15 is 0 Å². The molecule has 1 N–H and O–H groups in total. The second kappa shape index (κ2) is 4.27. The Hall–Kier alpha value is -0.460. The number of rotatable bonds is 3. The summed E-state index contributed by atoms with van der Waals surface area (Å²) in [5.41, 5.74) is -0.181. The summed E-state index contributed by atoms with van der Waals surface area (Å²) in [4.78, 5) is 0.0624. The topological polar surface area (TPSA) is 46.2 Å². The van der Waals surface area contributed by atoms with Crippen molar-refractivity contribution in [3.05, 3.63) is 28.5 Å². The highest BCUT2D eigenvalue weighted by atomic mass is 79.9. The molecule has 0 heterocycles. The maximum absolute atomic E-state index is 13.0. The van der Waals surface area contributed by atoms with Crippen LogP contribution in [0.25, 0.3) is 0 Å². The molecule has 1 aromatic carbocycles. The average Bonchev–Trinajstić information content (AvgIpc) is 2.59. The first-order valence-electron chi connectivity index (χ1n) is 5.97. The fourth-order valence-corrected chi connectivity index (χ4v) is 4.98. The van der Waals surface area contributed by atoms with Crippen LogP contribution in [0.1, 0.15) is 27.7 Å². The zero-order valence-corrected chi connectivity index (χ0v) is 13.7. The van der Waals surface area contributed by atoms with Crippen LogP contribution in [0.15, 0.2) is 27.6 Å². The zero-order chi connectivity index (χ0) is 14.6. The number of hydrogen-bond donors (Lipinski definition) is 1. The minimum absolute atomic E-state index is 0.0624. The number of halogens is 2. The Morgan fingerprint density at radius 2 is 1.74 bits per heavy atom. The quantitative estimate of drug-likeness (QED) is 0.909. The van der Waals surface area contributed by atoms with Crippen LogP contribution >= 0.6 is 15.9 Å². The molecule has 0 saturated heterocycles. The van der Waals surface area contributed by atoms with Crippen LogP contribution in [0.5, 0.6) is 0 Å². The molecule has 0 aromatic heterocycles. The first kappa shape index (κ1) is 14.9. The van der Waals surface area contributed by atoms with E-state index in [9.17, 15) is 12.8 Å². The molecule has 0 bridgehead atoms. The predicted molar refractivity (Wildman–Crippen MR) is 75.8 cm³/mol. The van der Waals surface area contributed by atoms with Crippen molar-refractivity contribution in [2.24, 2.45) is 10.8 Å². The van der Waals surface area contributed by atoms with Crippen molar-refractivity contribution in [1.29, 1.82) is 0 Å². The molecule has 0 radical (unpaired) electrons. The third kappa shape index (κ3) is 2.34. The molecular formula is C13H17BrFNO2S. The molecule has 0 amide bonds. The molecule has 6 heteroatoms. The van der Waals surface area contributed by atoms with E-state index in [1.54, 1.807) is 0 Å². The lowest BCUT2D eigenvalue weighted by atomic mass is 10.0. The van der Waals surface area contributed by atoms with Crippen LogP contribution in [0.3, 0.4) is 0 Å². The number of nitrogens with one attached hydrogen (secondary N) is 1. The van der Waals surface area contributed by atoms with Crippen molar-refractivity contribution in [1.82, 2.24) is 4.72 Å². The van der Waals surface area contributed by atoms with Crippen molar-refractivity contribution in [2.45, 2.75) is 38.6 Å². The third-order valence-corrected chi connectivity index (χ3v) is 6.88. The van der Waals surface area contributed by atoms with Gasteiger partial charge in [0.05, 0.1) is 4.90 Å². The molecule has 19 heavy (non-hydrogen) atoms. The summed E-state index contributed by atoms with van der Waals surface area (Å²) < 4.78 is 40.6. The molecule has 1 aliphatic rings. The minimum atomic E-state index is -3.65. The summed E-state index contributed by atoms with van der Waals surface area (Å²) in [5.74, 6) is -0.474. The summed E-state index contributed by atoms with van der Waals surface area (Å²) in [6.07, 6.45) is 0. The lowest BCUT2D eigenvalue weighted by Crippen LogP contribution is -2.30. The molecule has 1 aromatic rings. The normalized spacial score (nSPS) is 21.4. The molecule has 1 aliphatic carbocycles. The fourth-order valence-electron chi connectivity index (χ4n) is 2.40. The molecule has 106 valence electrons. The standard InChI is InChI=1S/C13H17BrFNO2S/c1-12(2)11(13(12,3)4)16-19(17,18)10-6-5-8(15)7-9(10)14/h5-7,11,16H,1-4H3. The Bertz CT molecular complexity index is 612. The Balaban J connectivity index is 2.30. The average molecular weight is 350 g/mol. The van der Waals surface area contributed by atoms with Gasteiger partial charge in [-0.2, -0.15) is 0 Å². The second-order valence-electron chi connectivity index (χ2n) is 6.07. The van der Waals surface area contributed by atoms with E-state index in [-0.39, 0.29) is 26.2 Å². The summed E-state index contributed by atoms with van der Waals surface area (Å²) in [6.45, 7) is 8.11. The fraction of sp³-hybridized carbons (Fsp3) is 0.538. The van der Waals surface area contributed by atoms with Gasteiger partial charge < -0.3 is 0 Å². The summed E-state index contributed by atoms with van der Waals surface area (Å²) in [6, 6.07) is 3.44. The van der Waals surface area contributed by atoms with Crippen molar-refractivity contribution >= 4 is 26.0 Å². The van der Waals surface area contributed by atoms with E-state index in [0.29, 0.717) is 0 Å². The number of hydrogen-bond acceptors (Lipinski definition) is 2. The SMILES string of the molecule is CC1(C)C(NS(=O)(=O)c2ccc(F)cc2Br)C1(C)C. The lowest BCUT2D eigenvalue weighted by molar-refractivity contribution is 0.457. The Morgan fingerprint density at radius 1 is 1.21 bits per heavy atom. The maximum atomic E-state index is 13.0. The van der Waals surface area contributed by atoms with Crippen molar-refractivity contribution in [3.8, 4) is 0 Å². The van der Waals surface area contributed by atoms with Gasteiger partial charge in [-0.3, -0.25) is 0 Å². The molecule has 0 atom stereocenters. The summed E-state index contributed by atoms with van der Waals surface area (Å²) >= 11 is 3.09. The van der Waals surface area contributed by atoms with Crippen LogP contribution in [0.4, 0.5) is 4.39 Å². The van der Waals surface area contributed by atoms with Crippen LogP contribution in [-0.4, -0.2) is 14.5 Å². The van der Waals surface area contributed by atoms with E-state index in [1.807, 2.05) is 27.7 Å². The van der Waals surface area contributed by atoms with Crippen molar-refractivity contribution in [3.63, 3.8) is 0 Å². The Labute approximate surface area is 121 Å². The van der Waals surface area contributed by atoms with Crippen LogP contribution in [0.2, 0.25) is 0 Å². The first-order chi connectivity index (χ1) is 8.50. The number of sulfonamides is 1. The minimum Gasteiger partial charge on any atom is -0.207 e. The van der Waals surface area contributed by atoms with E-state index in [1.165, 1.54) is 6.07 Å². The Kier molecular flexibility index (Phi) is 3.35. The molecule has 0 spiro atoms. The van der Waals surface area contributed by atoms with Gasteiger partial charge in [0, 0.05) is 10.5 Å². The molecule has 3 nitrogen and oxygen atoms in total. The van der Waals surface area contributed by atoms with Gasteiger partial charge >= 0.3 is 0 Å². The van der Waals surface area contributed by atoms with Gasteiger partial charge in [-0.05, 0) is 45.0 Å². The van der Waals surface area contributed by atoms with Gasteiger partial charge in [0.25, 0.3) is 0 Å². The highest BCUT2D eigenvalue weighted by Crippen LogP contribution is 2.63. The van der Waals surface area contributed by atoms with Gasteiger partial charge in [0.1, 0.15) is 5.82 Å². The summed E-state index contributed by atoms with van der Waals surface area (Å²) in [5, 5.41) is 0. The Morgan fingerprint density at radius 3 is 2.16 bits per heavy atom. The van der Waals surface area contributed by atoms with Crippen LogP contribution in [-0.2, 0) is 10.0 Å². The van der Waals surface area contributed by atoms with Crippen LogP contribution < -0.4 is 4.72 Å². The molecule has 0 unspecified atom stereocenters. The zero-order valence-electron chi connectivity index (χ0n) is 11.3. The third-order valence-electron chi connectivity index (χ3n) is 4.48. The van der Waals surface area contributed by atoms with Gasteiger partial charge in [-0.1, -0.05) is 27.7 Å². The van der Waals surface area contributed by atoms with Crippen molar-refractivity contribution in [2.75, 3.05) is 0 Å². The molecule has 0 aliphatic heterocycles. The van der Waals surface area contributed by atoms with E-state index in [2.05, 4.69) is 20.7 Å². The second-order valence-corrected chi connectivity index (χ2v) is 8.61. The highest BCUT2D eigenvalue weighted by molar-refractivity contribution is 9.10.